The Morgan fingerprint density at radius 1 is 1.38 bits per heavy atom. The van der Waals surface area contributed by atoms with Gasteiger partial charge in [-0.1, -0.05) is 0 Å². The second kappa shape index (κ2) is 13.5. The normalized spacial score (nSPS) is 18.7. The Balaban J connectivity index is 0.00000400. The summed E-state index contributed by atoms with van der Waals surface area (Å²) in [6, 6.07) is 0. The summed E-state index contributed by atoms with van der Waals surface area (Å²) in [5.41, 5.74) is 0. The van der Waals surface area contributed by atoms with E-state index in [-0.39, 0.29) is 24.0 Å². The molecule has 6 nitrogen and oxygen atoms in total. The minimum atomic E-state index is 0. The molecule has 0 bridgehead atoms. The van der Waals surface area contributed by atoms with Crippen molar-refractivity contribution >= 4 is 29.9 Å². The van der Waals surface area contributed by atoms with Gasteiger partial charge < -0.3 is 25.0 Å². The summed E-state index contributed by atoms with van der Waals surface area (Å²) < 4.78 is 10.6. The van der Waals surface area contributed by atoms with Crippen LogP contribution in [0.1, 0.15) is 19.3 Å². The van der Waals surface area contributed by atoms with Crippen LogP contribution in [0.3, 0.4) is 0 Å². The van der Waals surface area contributed by atoms with Gasteiger partial charge in [-0.2, -0.15) is 0 Å². The lowest BCUT2D eigenvalue weighted by Gasteiger charge is -2.17. The van der Waals surface area contributed by atoms with Crippen LogP contribution in [0, 0.1) is 0 Å². The maximum absolute atomic E-state index is 5.58. The molecule has 2 N–H and O–H groups in total. The highest BCUT2D eigenvalue weighted by Crippen LogP contribution is 2.10. The quantitative estimate of drug-likeness (QED) is 0.254. The van der Waals surface area contributed by atoms with Crippen molar-refractivity contribution in [3.63, 3.8) is 0 Å². The molecule has 0 aromatic rings. The van der Waals surface area contributed by atoms with Crippen LogP contribution >= 0.6 is 24.0 Å². The van der Waals surface area contributed by atoms with Gasteiger partial charge in [0.05, 0.1) is 12.7 Å². The lowest BCUT2D eigenvalue weighted by atomic mass is 10.2. The summed E-state index contributed by atoms with van der Waals surface area (Å²) in [4.78, 5) is 6.49. The Morgan fingerprint density at radius 3 is 2.81 bits per heavy atom. The van der Waals surface area contributed by atoms with Gasteiger partial charge in [0.15, 0.2) is 5.96 Å². The van der Waals surface area contributed by atoms with Crippen LogP contribution in [-0.4, -0.2) is 77.6 Å². The molecular weight excluding hydrogens is 383 g/mol. The first-order valence-corrected chi connectivity index (χ1v) is 7.50. The second-order valence-corrected chi connectivity index (χ2v) is 5.16. The molecule has 1 saturated heterocycles. The van der Waals surface area contributed by atoms with Crippen molar-refractivity contribution in [2.24, 2.45) is 4.99 Å². The van der Waals surface area contributed by atoms with Gasteiger partial charge in [0, 0.05) is 40.4 Å². The summed E-state index contributed by atoms with van der Waals surface area (Å²) in [7, 11) is 5.65. The molecule has 0 aromatic carbocycles. The topological polar surface area (TPSA) is 58.1 Å². The number of ether oxygens (including phenoxy) is 2. The zero-order valence-electron chi connectivity index (χ0n) is 13.6. The minimum Gasteiger partial charge on any atom is -0.383 e. The van der Waals surface area contributed by atoms with Crippen LogP contribution in [0.5, 0.6) is 0 Å². The van der Waals surface area contributed by atoms with E-state index in [0.717, 1.165) is 58.2 Å². The van der Waals surface area contributed by atoms with Crippen molar-refractivity contribution in [1.29, 1.82) is 0 Å². The molecule has 1 aliphatic rings. The number of guanidine groups is 1. The summed E-state index contributed by atoms with van der Waals surface area (Å²) in [6.07, 6.45) is 3.75. The number of likely N-dealkylation sites (N-methyl/N-ethyl adjacent to an activating group) is 1. The monoisotopic (exact) mass is 414 g/mol. The molecule has 0 amide bonds. The third-order valence-electron chi connectivity index (χ3n) is 3.43. The SMILES string of the molecule is CN=C(NCCCN(C)CCOC)NCC1CCCO1.I. The van der Waals surface area contributed by atoms with Crippen LogP contribution in [-0.2, 0) is 9.47 Å². The number of methoxy groups -OCH3 is 1. The fourth-order valence-electron chi connectivity index (χ4n) is 2.15. The molecule has 0 spiro atoms. The smallest absolute Gasteiger partial charge is 0.191 e. The fraction of sp³-hybridized carbons (Fsp3) is 0.929. The molecule has 0 radical (unpaired) electrons. The van der Waals surface area contributed by atoms with Crippen molar-refractivity contribution in [2.45, 2.75) is 25.4 Å². The number of nitrogens with one attached hydrogen (secondary N) is 2. The predicted molar refractivity (Wildman–Crippen MR) is 97.7 cm³/mol. The van der Waals surface area contributed by atoms with E-state index in [1.807, 2.05) is 0 Å². The highest BCUT2D eigenvalue weighted by atomic mass is 127. The number of rotatable bonds is 9. The van der Waals surface area contributed by atoms with E-state index in [0.29, 0.717) is 6.10 Å². The lowest BCUT2D eigenvalue weighted by Crippen LogP contribution is -2.41. The molecular formula is C14H31IN4O2. The van der Waals surface area contributed by atoms with E-state index < -0.39 is 0 Å². The maximum Gasteiger partial charge on any atom is 0.191 e. The Labute approximate surface area is 146 Å². The van der Waals surface area contributed by atoms with Crippen LogP contribution in [0.2, 0.25) is 0 Å². The van der Waals surface area contributed by atoms with Gasteiger partial charge in [0.25, 0.3) is 0 Å². The summed E-state index contributed by atoms with van der Waals surface area (Å²) in [5.74, 6) is 0.861. The molecule has 1 rings (SSSR count). The first kappa shape index (κ1) is 20.9. The van der Waals surface area contributed by atoms with Crippen LogP contribution in [0.25, 0.3) is 0 Å². The van der Waals surface area contributed by atoms with Crippen LogP contribution < -0.4 is 10.6 Å². The Bertz CT molecular complexity index is 274. The van der Waals surface area contributed by atoms with E-state index in [1.54, 1.807) is 14.2 Å². The van der Waals surface area contributed by atoms with E-state index >= 15 is 0 Å². The van der Waals surface area contributed by atoms with E-state index in [9.17, 15) is 0 Å². The first-order chi connectivity index (χ1) is 9.76. The van der Waals surface area contributed by atoms with E-state index in [2.05, 4.69) is 27.6 Å². The van der Waals surface area contributed by atoms with Gasteiger partial charge in [0.1, 0.15) is 0 Å². The zero-order valence-corrected chi connectivity index (χ0v) is 15.9. The molecule has 7 heteroatoms. The molecule has 0 saturated carbocycles. The number of aliphatic imine (C=N–C) groups is 1. The molecule has 1 fully saturated rings. The van der Waals surface area contributed by atoms with Crippen molar-refractivity contribution in [2.75, 3.05) is 60.6 Å². The Morgan fingerprint density at radius 2 is 2.19 bits per heavy atom. The summed E-state index contributed by atoms with van der Waals surface area (Å²) in [5, 5.41) is 6.64. The van der Waals surface area contributed by atoms with Gasteiger partial charge >= 0.3 is 0 Å². The average Bonchev–Trinajstić information content (AvgIpc) is 2.97. The van der Waals surface area contributed by atoms with Crippen LogP contribution in [0.15, 0.2) is 4.99 Å². The van der Waals surface area contributed by atoms with Gasteiger partial charge in [-0.3, -0.25) is 4.99 Å². The first-order valence-electron chi connectivity index (χ1n) is 7.50. The van der Waals surface area contributed by atoms with Gasteiger partial charge in [-0.25, -0.2) is 0 Å². The van der Waals surface area contributed by atoms with Crippen molar-refractivity contribution < 1.29 is 9.47 Å². The maximum atomic E-state index is 5.58. The second-order valence-electron chi connectivity index (χ2n) is 5.16. The van der Waals surface area contributed by atoms with Crippen molar-refractivity contribution in [3.05, 3.63) is 0 Å². The number of nitrogens with zero attached hydrogens (tertiary/aromatic N) is 2. The van der Waals surface area contributed by atoms with E-state index in [1.165, 1.54) is 6.42 Å². The molecule has 1 heterocycles. The largest absolute Gasteiger partial charge is 0.383 e. The van der Waals surface area contributed by atoms with E-state index in [4.69, 9.17) is 9.47 Å². The van der Waals surface area contributed by atoms with Crippen molar-refractivity contribution in [3.8, 4) is 0 Å². The van der Waals surface area contributed by atoms with Gasteiger partial charge in [-0.05, 0) is 32.9 Å². The highest BCUT2D eigenvalue weighted by Gasteiger charge is 2.15. The lowest BCUT2D eigenvalue weighted by molar-refractivity contribution is 0.114. The fourth-order valence-corrected chi connectivity index (χ4v) is 2.15. The molecule has 1 atom stereocenters. The molecule has 1 unspecified atom stereocenters. The summed E-state index contributed by atoms with van der Waals surface area (Å²) in [6.45, 7) is 5.47. The number of hydrogen-bond donors (Lipinski definition) is 2. The third kappa shape index (κ3) is 10.3. The standard InChI is InChI=1S/C14H30N4O2.HI/c1-15-14(17-12-13-6-4-10-20-13)16-7-5-8-18(2)9-11-19-3;/h13H,4-12H2,1-3H3,(H2,15,16,17);1H. The van der Waals surface area contributed by atoms with Gasteiger partial charge in [-0.15, -0.1) is 24.0 Å². The molecule has 0 aliphatic carbocycles. The molecule has 21 heavy (non-hydrogen) atoms. The van der Waals surface area contributed by atoms with Crippen LogP contribution in [0.4, 0.5) is 0 Å². The van der Waals surface area contributed by atoms with Gasteiger partial charge in [0.2, 0.25) is 0 Å². The average molecular weight is 414 g/mol. The number of hydrogen-bond acceptors (Lipinski definition) is 4. The zero-order chi connectivity index (χ0) is 14.6. The highest BCUT2D eigenvalue weighted by molar-refractivity contribution is 14.0. The molecule has 1 aliphatic heterocycles. The Kier molecular flexibility index (Phi) is 13.5. The minimum absolute atomic E-state index is 0. The third-order valence-corrected chi connectivity index (χ3v) is 3.43. The molecule has 126 valence electrons. The molecule has 0 aromatic heterocycles. The number of halogens is 1. The Hall–Kier alpha value is -0.120. The predicted octanol–water partition coefficient (Wildman–Crippen LogP) is 0.917. The summed E-state index contributed by atoms with van der Waals surface area (Å²) >= 11 is 0. The van der Waals surface area contributed by atoms with Crippen molar-refractivity contribution in [1.82, 2.24) is 15.5 Å².